The van der Waals surface area contributed by atoms with Crippen LogP contribution in [0.2, 0.25) is 0 Å². The zero-order valence-corrected chi connectivity index (χ0v) is 7.84. The van der Waals surface area contributed by atoms with Gasteiger partial charge >= 0.3 is 5.97 Å². The lowest BCUT2D eigenvalue weighted by Gasteiger charge is -1.96. The van der Waals surface area contributed by atoms with Gasteiger partial charge in [-0.25, -0.2) is 0 Å². The first-order valence-electron chi connectivity index (χ1n) is 3.93. The van der Waals surface area contributed by atoms with Gasteiger partial charge in [0.05, 0.1) is 7.11 Å². The first-order chi connectivity index (χ1) is 6.56. The number of aryl methyl sites for hydroxylation is 1. The maximum atomic E-state index is 11.4. The van der Waals surface area contributed by atoms with Gasteiger partial charge in [-0.3, -0.25) is 19.5 Å². The fourth-order valence-electron chi connectivity index (χ4n) is 1.07. The summed E-state index contributed by atoms with van der Waals surface area (Å²) < 4.78 is 4.32. The van der Waals surface area contributed by atoms with Crippen molar-refractivity contribution >= 4 is 11.8 Å². The molecule has 1 heterocycles. The Morgan fingerprint density at radius 2 is 2.00 bits per heavy atom. The highest BCUT2D eigenvalue weighted by atomic mass is 16.5. The molecule has 0 aliphatic carbocycles. The zero-order chi connectivity index (χ0) is 10.7. The molecule has 1 rings (SSSR count). The molecule has 0 saturated carbocycles. The topological polar surface area (TPSA) is 92.0 Å². The predicted molar refractivity (Wildman–Crippen MR) is 47.1 cm³/mol. The number of H-pyrrole nitrogens is 2. The Kier molecular flexibility index (Phi) is 2.85. The fraction of sp³-hybridized carbons (Fsp3) is 0.375. The van der Waals surface area contributed by atoms with E-state index in [0.717, 1.165) is 0 Å². The molecule has 0 saturated heterocycles. The minimum atomic E-state index is -0.657. The van der Waals surface area contributed by atoms with Crippen LogP contribution >= 0.6 is 0 Å². The van der Waals surface area contributed by atoms with Crippen LogP contribution in [0.25, 0.3) is 0 Å². The summed E-state index contributed by atoms with van der Waals surface area (Å²) in [5.74, 6) is -1.20. The number of methoxy groups -OCH3 is 1. The summed E-state index contributed by atoms with van der Waals surface area (Å²) in [6.07, 6.45) is -0.418. The molecule has 0 bridgehead atoms. The van der Waals surface area contributed by atoms with E-state index in [-0.39, 0.29) is 5.56 Å². The number of ketones is 1. The zero-order valence-electron chi connectivity index (χ0n) is 7.84. The molecule has 0 fully saturated rings. The number of rotatable bonds is 3. The normalized spacial score (nSPS) is 9.86. The summed E-state index contributed by atoms with van der Waals surface area (Å²) >= 11 is 0. The molecule has 0 radical (unpaired) electrons. The molecule has 0 aromatic carbocycles. The summed E-state index contributed by atoms with van der Waals surface area (Å²) in [6.45, 7) is 1.57. The van der Waals surface area contributed by atoms with E-state index < -0.39 is 23.7 Å². The highest BCUT2D eigenvalue weighted by molar-refractivity contribution is 6.06. The molecule has 1 aromatic heterocycles. The van der Waals surface area contributed by atoms with Crippen LogP contribution in [-0.4, -0.2) is 29.1 Å². The van der Waals surface area contributed by atoms with Gasteiger partial charge in [-0.1, -0.05) is 0 Å². The Morgan fingerprint density at radius 1 is 1.36 bits per heavy atom. The van der Waals surface area contributed by atoms with Crippen LogP contribution in [-0.2, 0) is 9.53 Å². The lowest BCUT2D eigenvalue weighted by atomic mass is 10.1. The van der Waals surface area contributed by atoms with Gasteiger partial charge in [0, 0.05) is 5.69 Å². The lowest BCUT2D eigenvalue weighted by molar-refractivity contribution is -0.139. The van der Waals surface area contributed by atoms with Crippen LogP contribution in [0.4, 0.5) is 0 Å². The summed E-state index contributed by atoms with van der Waals surface area (Å²) in [6, 6.07) is 0. The number of carbonyl (C=O) groups excluding carboxylic acids is 2. The summed E-state index contributed by atoms with van der Waals surface area (Å²) in [5.41, 5.74) is -0.115. The smallest absolute Gasteiger partial charge is 0.313 e. The number of esters is 1. The van der Waals surface area contributed by atoms with Crippen LogP contribution in [0.3, 0.4) is 0 Å². The molecular weight excluding hydrogens is 188 g/mol. The molecule has 2 N–H and O–H groups in total. The van der Waals surface area contributed by atoms with Gasteiger partial charge in [-0.2, -0.15) is 0 Å². The molecule has 0 atom stereocenters. The van der Waals surface area contributed by atoms with Gasteiger partial charge in [0.2, 0.25) is 0 Å². The van der Waals surface area contributed by atoms with Crippen molar-refractivity contribution in [3.63, 3.8) is 0 Å². The van der Waals surface area contributed by atoms with E-state index in [1.165, 1.54) is 7.11 Å². The highest BCUT2D eigenvalue weighted by Crippen LogP contribution is 2.02. The van der Waals surface area contributed by atoms with Gasteiger partial charge in [0.1, 0.15) is 12.0 Å². The molecule has 76 valence electrons. The van der Waals surface area contributed by atoms with Crippen LogP contribution in [0.15, 0.2) is 4.79 Å². The number of aromatic nitrogens is 2. The van der Waals surface area contributed by atoms with E-state index in [1.54, 1.807) is 6.92 Å². The molecule has 0 amide bonds. The third-order valence-electron chi connectivity index (χ3n) is 1.78. The van der Waals surface area contributed by atoms with E-state index in [4.69, 9.17) is 0 Å². The van der Waals surface area contributed by atoms with Gasteiger partial charge in [0.25, 0.3) is 5.56 Å². The quantitative estimate of drug-likeness (QED) is 0.398. The van der Waals surface area contributed by atoms with E-state index in [9.17, 15) is 14.4 Å². The Hall–Kier alpha value is -1.85. The number of aromatic amines is 2. The van der Waals surface area contributed by atoms with Crippen LogP contribution in [0, 0.1) is 6.92 Å². The second-order valence-corrected chi connectivity index (χ2v) is 2.76. The molecule has 0 spiro atoms. The Morgan fingerprint density at radius 3 is 2.43 bits per heavy atom. The standard InChI is InChI=1S/C8H10N2O4/c1-4-7(8(13)10-9-4)5(11)3-6(12)14-2/h3H2,1-2H3,(H2,9,10,13). The average Bonchev–Trinajstić information content (AvgIpc) is 2.46. The number of hydrogen-bond acceptors (Lipinski definition) is 4. The molecule has 14 heavy (non-hydrogen) atoms. The number of hydrogen-bond donors (Lipinski definition) is 2. The number of ether oxygens (including phenoxy) is 1. The van der Waals surface area contributed by atoms with Gasteiger partial charge in [0.15, 0.2) is 5.78 Å². The second kappa shape index (κ2) is 3.91. The number of carbonyl (C=O) groups is 2. The van der Waals surface area contributed by atoms with Gasteiger partial charge < -0.3 is 9.84 Å². The van der Waals surface area contributed by atoms with Crippen molar-refractivity contribution in [2.24, 2.45) is 0 Å². The van der Waals surface area contributed by atoms with E-state index in [1.807, 2.05) is 0 Å². The second-order valence-electron chi connectivity index (χ2n) is 2.76. The first-order valence-corrected chi connectivity index (χ1v) is 3.93. The Balaban J connectivity index is 2.90. The van der Waals surface area contributed by atoms with Crippen molar-refractivity contribution in [1.82, 2.24) is 10.2 Å². The molecule has 6 nitrogen and oxygen atoms in total. The van der Waals surface area contributed by atoms with E-state index in [2.05, 4.69) is 14.9 Å². The van der Waals surface area contributed by atoms with Crippen molar-refractivity contribution in [3.8, 4) is 0 Å². The summed E-state index contributed by atoms with van der Waals surface area (Å²) in [5, 5.41) is 4.75. The summed E-state index contributed by atoms with van der Waals surface area (Å²) in [4.78, 5) is 33.2. The third kappa shape index (κ3) is 1.90. The predicted octanol–water partition coefficient (Wildman–Crippen LogP) is -0.243. The van der Waals surface area contributed by atoms with E-state index >= 15 is 0 Å². The minimum Gasteiger partial charge on any atom is -0.469 e. The third-order valence-corrected chi connectivity index (χ3v) is 1.78. The molecular formula is C8H10N2O4. The number of Topliss-reactive ketones (excluding diaryl/α,β-unsaturated/α-hetero) is 1. The van der Waals surface area contributed by atoms with Crippen LogP contribution < -0.4 is 5.56 Å². The molecule has 1 aromatic rings. The average molecular weight is 198 g/mol. The first kappa shape index (κ1) is 10.2. The molecule has 0 aliphatic heterocycles. The maximum absolute atomic E-state index is 11.4. The highest BCUT2D eigenvalue weighted by Gasteiger charge is 2.18. The largest absolute Gasteiger partial charge is 0.469 e. The number of nitrogens with one attached hydrogen (secondary N) is 2. The SMILES string of the molecule is COC(=O)CC(=O)c1c(C)[nH][nH]c1=O. The van der Waals surface area contributed by atoms with Crippen molar-refractivity contribution in [2.45, 2.75) is 13.3 Å². The Labute approximate surface area is 79.3 Å². The summed E-state index contributed by atoms with van der Waals surface area (Å²) in [7, 11) is 1.18. The van der Waals surface area contributed by atoms with Crippen LogP contribution in [0.1, 0.15) is 22.5 Å². The fourth-order valence-corrected chi connectivity index (χ4v) is 1.07. The molecule has 6 heteroatoms. The van der Waals surface area contributed by atoms with Crippen molar-refractivity contribution < 1.29 is 14.3 Å². The van der Waals surface area contributed by atoms with Crippen molar-refractivity contribution in [1.29, 1.82) is 0 Å². The van der Waals surface area contributed by atoms with Gasteiger partial charge in [-0.15, -0.1) is 0 Å². The van der Waals surface area contributed by atoms with Gasteiger partial charge in [-0.05, 0) is 6.92 Å². The minimum absolute atomic E-state index is 0.0181. The Bertz CT molecular complexity index is 415. The van der Waals surface area contributed by atoms with Crippen molar-refractivity contribution in [3.05, 3.63) is 21.6 Å². The van der Waals surface area contributed by atoms with E-state index in [0.29, 0.717) is 5.69 Å². The lowest BCUT2D eigenvalue weighted by Crippen LogP contribution is -2.17. The van der Waals surface area contributed by atoms with Crippen LogP contribution in [0.5, 0.6) is 0 Å². The maximum Gasteiger partial charge on any atom is 0.313 e. The molecule has 0 unspecified atom stereocenters. The van der Waals surface area contributed by atoms with Crippen molar-refractivity contribution in [2.75, 3.05) is 7.11 Å². The molecule has 0 aliphatic rings. The monoisotopic (exact) mass is 198 g/mol.